The summed E-state index contributed by atoms with van der Waals surface area (Å²) in [7, 11) is 0. The first-order valence-corrected chi connectivity index (χ1v) is 9.59. The summed E-state index contributed by atoms with van der Waals surface area (Å²) >= 11 is 0. The van der Waals surface area contributed by atoms with Crippen LogP contribution in [-0.2, 0) is 4.79 Å². The molecule has 26 heavy (non-hydrogen) atoms. The van der Waals surface area contributed by atoms with E-state index in [0.717, 1.165) is 49.7 Å². The minimum Gasteiger partial charge on any atom is -0.351 e. The molecule has 5 heteroatoms. The maximum atomic E-state index is 13.3. The predicted molar refractivity (Wildman–Crippen MR) is 102 cm³/mol. The highest BCUT2D eigenvalue weighted by atomic mass is 16.2. The second-order valence-corrected chi connectivity index (χ2v) is 8.06. The van der Waals surface area contributed by atoms with Crippen molar-refractivity contribution in [2.45, 2.75) is 58.0 Å². The lowest BCUT2D eigenvalue weighted by molar-refractivity contribution is -0.143. The molecule has 1 aromatic carbocycles. The third kappa shape index (κ3) is 2.61. The zero-order valence-electron chi connectivity index (χ0n) is 15.8. The molecule has 0 radical (unpaired) electrons. The van der Waals surface area contributed by atoms with Crippen molar-refractivity contribution in [1.29, 1.82) is 0 Å². The van der Waals surface area contributed by atoms with Gasteiger partial charge in [0.1, 0.15) is 5.69 Å². The van der Waals surface area contributed by atoms with Crippen molar-refractivity contribution in [2.24, 2.45) is 0 Å². The molecule has 2 amide bonds. The van der Waals surface area contributed by atoms with Gasteiger partial charge in [-0.3, -0.25) is 9.59 Å². The van der Waals surface area contributed by atoms with E-state index in [1.165, 1.54) is 5.56 Å². The average molecular weight is 353 g/mol. The van der Waals surface area contributed by atoms with Gasteiger partial charge in [-0.25, -0.2) is 0 Å². The van der Waals surface area contributed by atoms with Gasteiger partial charge in [-0.05, 0) is 57.2 Å². The lowest BCUT2D eigenvalue weighted by Gasteiger charge is -2.56. The van der Waals surface area contributed by atoms with Gasteiger partial charge in [-0.15, -0.1) is 0 Å². The van der Waals surface area contributed by atoms with E-state index in [9.17, 15) is 9.59 Å². The van der Waals surface area contributed by atoms with Gasteiger partial charge in [0, 0.05) is 30.9 Å². The number of fused-ring (bicyclic) bond motifs is 2. The molecule has 0 aliphatic carbocycles. The van der Waals surface area contributed by atoms with Gasteiger partial charge in [0.15, 0.2) is 0 Å². The minimum absolute atomic E-state index is 0.0557. The quantitative estimate of drug-likeness (QED) is 0.853. The molecule has 2 atom stereocenters. The Balaban J connectivity index is 1.67. The number of aromatic amines is 1. The number of carbonyl (C=O) groups excluding carboxylic acids is 2. The van der Waals surface area contributed by atoms with Gasteiger partial charge < -0.3 is 14.8 Å². The fourth-order valence-corrected chi connectivity index (χ4v) is 5.02. The number of aromatic nitrogens is 1. The van der Waals surface area contributed by atoms with Crippen LogP contribution in [0.3, 0.4) is 0 Å². The number of nitrogens with one attached hydrogen (secondary N) is 1. The first kappa shape index (κ1) is 17.1. The van der Waals surface area contributed by atoms with E-state index in [-0.39, 0.29) is 23.4 Å². The third-order valence-corrected chi connectivity index (χ3v) is 6.30. The standard InChI is InChI=1S/C21H27N3O2/c1-14-7-8-16-13-18(22-17(16)12-14)20(26)23-10-5-9-21(3)19(23)6-4-11-24(21)15(2)25/h7-8,12-13,19,22H,4-6,9-11H2,1-3H3/t19-,21-/m0/s1. The Morgan fingerprint density at radius 3 is 2.77 bits per heavy atom. The summed E-state index contributed by atoms with van der Waals surface area (Å²) in [5.41, 5.74) is 2.57. The van der Waals surface area contributed by atoms with Gasteiger partial charge in [0.25, 0.3) is 5.91 Å². The summed E-state index contributed by atoms with van der Waals surface area (Å²) in [6.45, 7) is 7.42. The first-order valence-electron chi connectivity index (χ1n) is 9.59. The molecular weight excluding hydrogens is 326 g/mol. The molecule has 0 saturated carbocycles. The monoisotopic (exact) mass is 353 g/mol. The predicted octanol–water partition coefficient (Wildman–Crippen LogP) is 3.48. The van der Waals surface area contributed by atoms with E-state index in [4.69, 9.17) is 0 Å². The number of aryl methyl sites for hydroxylation is 1. The third-order valence-electron chi connectivity index (χ3n) is 6.30. The summed E-state index contributed by atoms with van der Waals surface area (Å²) in [6, 6.07) is 8.23. The van der Waals surface area contributed by atoms with Crippen LogP contribution in [0.25, 0.3) is 10.9 Å². The number of likely N-dealkylation sites (tertiary alicyclic amines) is 2. The van der Waals surface area contributed by atoms with Gasteiger partial charge in [-0.2, -0.15) is 0 Å². The molecule has 3 heterocycles. The Labute approximate surface area is 154 Å². The maximum absolute atomic E-state index is 13.3. The largest absolute Gasteiger partial charge is 0.351 e. The zero-order chi connectivity index (χ0) is 18.5. The molecule has 1 aromatic heterocycles. The number of hydrogen-bond acceptors (Lipinski definition) is 2. The molecule has 2 fully saturated rings. The van der Waals surface area contributed by atoms with Crippen LogP contribution in [0.15, 0.2) is 24.3 Å². The summed E-state index contributed by atoms with van der Waals surface area (Å²) in [6.07, 6.45) is 3.82. The number of H-pyrrole nitrogens is 1. The van der Waals surface area contributed by atoms with Gasteiger partial charge >= 0.3 is 0 Å². The smallest absolute Gasteiger partial charge is 0.270 e. The van der Waals surface area contributed by atoms with Crippen molar-refractivity contribution in [3.63, 3.8) is 0 Å². The van der Waals surface area contributed by atoms with Gasteiger partial charge in [0.2, 0.25) is 5.91 Å². The van der Waals surface area contributed by atoms with E-state index in [0.29, 0.717) is 5.69 Å². The van der Waals surface area contributed by atoms with E-state index in [1.807, 2.05) is 15.9 Å². The van der Waals surface area contributed by atoms with Crippen LogP contribution in [0.1, 0.15) is 55.6 Å². The number of hydrogen-bond donors (Lipinski definition) is 1. The highest BCUT2D eigenvalue weighted by molar-refractivity contribution is 5.98. The summed E-state index contributed by atoms with van der Waals surface area (Å²) in [5.74, 6) is 0.174. The van der Waals surface area contributed by atoms with E-state index >= 15 is 0 Å². The molecular formula is C21H27N3O2. The molecule has 2 aromatic rings. The van der Waals surface area contributed by atoms with Crippen LogP contribution in [-0.4, -0.2) is 51.3 Å². The number of piperidine rings is 2. The van der Waals surface area contributed by atoms with E-state index in [1.54, 1.807) is 6.92 Å². The van der Waals surface area contributed by atoms with Crippen LogP contribution in [0.5, 0.6) is 0 Å². The number of benzene rings is 1. The van der Waals surface area contributed by atoms with Crippen molar-refractivity contribution < 1.29 is 9.59 Å². The zero-order valence-corrected chi connectivity index (χ0v) is 15.8. The summed E-state index contributed by atoms with van der Waals surface area (Å²) < 4.78 is 0. The Kier molecular flexibility index (Phi) is 4.05. The Hall–Kier alpha value is -2.30. The van der Waals surface area contributed by atoms with Gasteiger partial charge in [-0.1, -0.05) is 12.1 Å². The summed E-state index contributed by atoms with van der Waals surface area (Å²) in [4.78, 5) is 32.8. The topological polar surface area (TPSA) is 56.4 Å². The SMILES string of the molecule is CC(=O)N1CCC[C@@H]2N(C(=O)c3cc4ccc(C)cc4[nH]3)CCC[C@@]21C. The van der Waals surface area contributed by atoms with Crippen LogP contribution in [0, 0.1) is 6.92 Å². The molecule has 0 unspecified atom stereocenters. The molecule has 2 aliphatic rings. The van der Waals surface area contributed by atoms with Crippen LogP contribution in [0.4, 0.5) is 0 Å². The van der Waals surface area contributed by atoms with Crippen molar-refractivity contribution in [3.05, 3.63) is 35.5 Å². The number of amides is 2. The summed E-state index contributed by atoms with van der Waals surface area (Å²) in [5, 5.41) is 1.06. The lowest BCUT2D eigenvalue weighted by Crippen LogP contribution is -2.68. The molecule has 0 spiro atoms. The fourth-order valence-electron chi connectivity index (χ4n) is 5.02. The highest BCUT2D eigenvalue weighted by Crippen LogP contribution is 2.39. The Morgan fingerprint density at radius 2 is 2.00 bits per heavy atom. The second kappa shape index (κ2) is 6.15. The van der Waals surface area contributed by atoms with Crippen LogP contribution < -0.4 is 0 Å². The van der Waals surface area contributed by atoms with E-state index < -0.39 is 0 Å². The minimum atomic E-state index is -0.249. The van der Waals surface area contributed by atoms with Crippen LogP contribution in [0.2, 0.25) is 0 Å². The highest BCUT2D eigenvalue weighted by Gasteiger charge is 2.49. The Bertz CT molecular complexity index is 871. The van der Waals surface area contributed by atoms with Crippen molar-refractivity contribution in [3.8, 4) is 0 Å². The normalized spacial score (nSPS) is 26.0. The molecule has 1 N–H and O–H groups in total. The average Bonchev–Trinajstić information content (AvgIpc) is 3.02. The molecule has 2 saturated heterocycles. The van der Waals surface area contributed by atoms with Crippen molar-refractivity contribution in [1.82, 2.24) is 14.8 Å². The molecule has 4 rings (SSSR count). The molecule has 2 aliphatic heterocycles. The number of carbonyl (C=O) groups is 2. The second-order valence-electron chi connectivity index (χ2n) is 8.06. The molecule has 5 nitrogen and oxygen atoms in total. The fraction of sp³-hybridized carbons (Fsp3) is 0.524. The van der Waals surface area contributed by atoms with Gasteiger partial charge in [0.05, 0.1) is 11.6 Å². The molecule has 138 valence electrons. The van der Waals surface area contributed by atoms with Crippen molar-refractivity contribution in [2.75, 3.05) is 13.1 Å². The maximum Gasteiger partial charge on any atom is 0.270 e. The van der Waals surface area contributed by atoms with Crippen LogP contribution >= 0.6 is 0 Å². The number of nitrogens with zero attached hydrogens (tertiary/aromatic N) is 2. The lowest BCUT2D eigenvalue weighted by atomic mass is 9.76. The molecule has 0 bridgehead atoms. The first-order chi connectivity index (χ1) is 12.4. The Morgan fingerprint density at radius 1 is 1.19 bits per heavy atom. The number of rotatable bonds is 1. The van der Waals surface area contributed by atoms with Crippen molar-refractivity contribution >= 4 is 22.7 Å². The van der Waals surface area contributed by atoms with E-state index in [2.05, 4.69) is 37.0 Å².